The van der Waals surface area contributed by atoms with Crippen LogP contribution in [-0.4, -0.2) is 0 Å². The van der Waals surface area contributed by atoms with E-state index >= 15 is 0 Å². The molecule has 0 nitrogen and oxygen atoms in total. The quantitative estimate of drug-likeness (QED) is 0.310. The lowest BCUT2D eigenvalue weighted by Gasteiger charge is -2.38. The highest BCUT2D eigenvalue weighted by atomic mass is 14.4. The second-order valence-electron chi connectivity index (χ2n) is 17.2. The molecule has 2 rings (SSSR count). The van der Waals surface area contributed by atoms with Crippen LogP contribution >= 0.6 is 0 Å². The van der Waals surface area contributed by atoms with Crippen LogP contribution in [0.1, 0.15) is 169 Å². The van der Waals surface area contributed by atoms with Gasteiger partial charge in [-0.05, 0) is 116 Å². The van der Waals surface area contributed by atoms with E-state index in [0.29, 0.717) is 21.7 Å². The molecule has 2 atom stereocenters. The smallest absolute Gasteiger partial charge is 0.0116 e. The predicted molar refractivity (Wildman–Crippen MR) is 177 cm³/mol. The first kappa shape index (κ1) is 37.5. The van der Waals surface area contributed by atoms with Crippen LogP contribution in [0.4, 0.5) is 0 Å². The maximum absolute atomic E-state index is 2.45. The summed E-state index contributed by atoms with van der Waals surface area (Å²) in [7, 11) is 0. The highest BCUT2D eigenvalue weighted by molar-refractivity contribution is 5.18. The Morgan fingerprint density at radius 3 is 1.71 bits per heavy atom. The topological polar surface area (TPSA) is 0 Å². The predicted octanol–water partition coefficient (Wildman–Crippen LogP) is 13.3. The Hall–Kier alpha value is -0.520. The van der Waals surface area contributed by atoms with Crippen molar-refractivity contribution in [1.82, 2.24) is 0 Å². The Balaban J connectivity index is 0.000000564. The Bertz CT molecular complexity index is 699. The Morgan fingerprint density at radius 2 is 1.42 bits per heavy atom. The molecule has 0 heteroatoms. The summed E-state index contributed by atoms with van der Waals surface area (Å²) in [6.07, 6.45) is 15.8. The van der Waals surface area contributed by atoms with Crippen LogP contribution in [0.5, 0.6) is 0 Å². The largest absolute Gasteiger partial charge is 0.0854 e. The minimum atomic E-state index is 0.371. The van der Waals surface area contributed by atoms with Crippen molar-refractivity contribution in [2.75, 3.05) is 0 Å². The molecule has 0 aromatic heterocycles. The molecule has 38 heavy (non-hydrogen) atoms. The molecular weight excluding hydrogens is 456 g/mol. The monoisotopic (exact) mass is 531 g/mol. The maximum atomic E-state index is 2.45. The van der Waals surface area contributed by atoms with Gasteiger partial charge in [-0.15, -0.1) is 0 Å². The van der Waals surface area contributed by atoms with Crippen molar-refractivity contribution in [2.24, 2.45) is 51.2 Å². The molecule has 0 bridgehead atoms. The van der Waals surface area contributed by atoms with Crippen LogP contribution in [0.15, 0.2) is 23.3 Å². The van der Waals surface area contributed by atoms with Gasteiger partial charge in [-0.3, -0.25) is 0 Å². The fraction of sp³-hybridized carbons (Fsp3) is 0.895. The molecular formula is C38H74. The third kappa shape index (κ3) is 13.2. The van der Waals surface area contributed by atoms with Gasteiger partial charge in [0.2, 0.25) is 0 Å². The highest BCUT2D eigenvalue weighted by Gasteiger charge is 2.35. The molecule has 1 fully saturated rings. The first-order valence-corrected chi connectivity index (χ1v) is 16.4. The molecule has 0 N–H and O–H groups in total. The van der Waals surface area contributed by atoms with Gasteiger partial charge in [0.05, 0.1) is 0 Å². The van der Waals surface area contributed by atoms with Crippen LogP contribution < -0.4 is 0 Å². The van der Waals surface area contributed by atoms with Crippen molar-refractivity contribution in [3.63, 3.8) is 0 Å². The van der Waals surface area contributed by atoms with Gasteiger partial charge in [0, 0.05) is 0 Å². The normalized spacial score (nSPS) is 25.2. The van der Waals surface area contributed by atoms with Crippen molar-refractivity contribution < 1.29 is 0 Å². The summed E-state index contributed by atoms with van der Waals surface area (Å²) in [4.78, 5) is 0. The molecule has 0 heterocycles. The molecule has 0 aromatic rings. The fourth-order valence-corrected chi connectivity index (χ4v) is 5.83. The van der Waals surface area contributed by atoms with Gasteiger partial charge in [-0.2, -0.15) is 0 Å². The molecule has 0 aromatic carbocycles. The fourth-order valence-electron chi connectivity index (χ4n) is 5.83. The first-order chi connectivity index (χ1) is 17.0. The van der Waals surface area contributed by atoms with Gasteiger partial charge in [0.15, 0.2) is 0 Å². The lowest BCUT2D eigenvalue weighted by molar-refractivity contribution is 0.132. The van der Waals surface area contributed by atoms with E-state index < -0.39 is 0 Å². The standard InChI is InChI=1S/C16H30.C13H26.C9H18/c1-12(15(3,4)5)8-10-14-11-9-13(2)16(14,6)7;1-10(2)11-6-8-12(9-7-11)13(3,4)5;1-6-7-8(2)9(3,4)5/h9,12,14H,8,10-11H2,1-7H3;10-12H,6-9H2,1-5H3;7H,6H2,1-5H3/b;;8-7+. The van der Waals surface area contributed by atoms with E-state index in [1.54, 1.807) is 5.57 Å². The second-order valence-corrected chi connectivity index (χ2v) is 17.2. The van der Waals surface area contributed by atoms with Crippen LogP contribution in [-0.2, 0) is 0 Å². The summed E-state index contributed by atoms with van der Waals surface area (Å²) < 4.78 is 0. The van der Waals surface area contributed by atoms with Crippen molar-refractivity contribution in [2.45, 2.75) is 169 Å². The molecule has 2 aliphatic carbocycles. The maximum Gasteiger partial charge on any atom is -0.0116 e. The van der Waals surface area contributed by atoms with Gasteiger partial charge in [-0.25, -0.2) is 0 Å². The molecule has 0 aliphatic heterocycles. The van der Waals surface area contributed by atoms with E-state index in [0.717, 1.165) is 36.0 Å². The zero-order valence-electron chi connectivity index (χ0n) is 29.7. The number of rotatable bonds is 5. The van der Waals surface area contributed by atoms with E-state index in [1.165, 1.54) is 50.5 Å². The van der Waals surface area contributed by atoms with Gasteiger partial charge >= 0.3 is 0 Å². The van der Waals surface area contributed by atoms with E-state index in [9.17, 15) is 0 Å². The molecule has 0 radical (unpaired) electrons. The van der Waals surface area contributed by atoms with E-state index in [4.69, 9.17) is 0 Å². The summed E-state index contributed by atoms with van der Waals surface area (Å²) in [6.45, 7) is 39.7. The summed E-state index contributed by atoms with van der Waals surface area (Å²) in [6, 6.07) is 0. The summed E-state index contributed by atoms with van der Waals surface area (Å²) in [5.41, 5.74) is 4.91. The minimum absolute atomic E-state index is 0.371. The van der Waals surface area contributed by atoms with Crippen molar-refractivity contribution >= 4 is 0 Å². The number of hydrogen-bond donors (Lipinski definition) is 0. The van der Waals surface area contributed by atoms with Crippen LogP contribution in [0, 0.1) is 51.2 Å². The lowest BCUT2D eigenvalue weighted by atomic mass is 9.68. The first-order valence-electron chi connectivity index (χ1n) is 16.4. The Kier molecular flexibility index (Phi) is 15.3. The van der Waals surface area contributed by atoms with E-state index in [2.05, 4.69) is 130 Å². The summed E-state index contributed by atoms with van der Waals surface area (Å²) in [5.74, 6) is 4.59. The van der Waals surface area contributed by atoms with E-state index in [-0.39, 0.29) is 0 Å². The Morgan fingerprint density at radius 1 is 0.921 bits per heavy atom. The van der Waals surface area contributed by atoms with Crippen LogP contribution in [0.2, 0.25) is 0 Å². The molecule has 0 spiro atoms. The third-order valence-corrected chi connectivity index (χ3v) is 10.8. The lowest BCUT2D eigenvalue weighted by Crippen LogP contribution is -2.27. The highest BCUT2D eigenvalue weighted by Crippen LogP contribution is 2.46. The molecule has 226 valence electrons. The molecule has 0 amide bonds. The Labute approximate surface area is 243 Å². The molecule has 2 aliphatic rings. The van der Waals surface area contributed by atoms with Gasteiger partial charge in [-0.1, -0.05) is 127 Å². The van der Waals surface area contributed by atoms with Gasteiger partial charge in [0.25, 0.3) is 0 Å². The van der Waals surface area contributed by atoms with Crippen molar-refractivity contribution in [3.8, 4) is 0 Å². The average Bonchev–Trinajstić information content (AvgIpc) is 3.03. The number of hydrogen-bond acceptors (Lipinski definition) is 0. The summed E-state index contributed by atoms with van der Waals surface area (Å²) >= 11 is 0. The van der Waals surface area contributed by atoms with Crippen molar-refractivity contribution in [1.29, 1.82) is 0 Å². The van der Waals surface area contributed by atoms with Crippen LogP contribution in [0.25, 0.3) is 0 Å². The zero-order chi connectivity index (χ0) is 30.1. The molecule has 2 unspecified atom stereocenters. The van der Waals surface area contributed by atoms with Crippen LogP contribution in [0.3, 0.4) is 0 Å². The molecule has 1 saturated carbocycles. The van der Waals surface area contributed by atoms with Gasteiger partial charge in [0.1, 0.15) is 0 Å². The minimum Gasteiger partial charge on any atom is -0.0854 e. The summed E-state index contributed by atoms with van der Waals surface area (Å²) in [5, 5.41) is 0. The second kappa shape index (κ2) is 15.5. The SMILES string of the molecule is CC(C)C1CCC(C(C)(C)C)CC1.CC/C=C(\C)C(C)(C)C.CC1=CCC(CCC(C)C(C)(C)C)C1(C)C. The average molecular weight is 531 g/mol. The number of allylic oxidation sites excluding steroid dienone is 4. The van der Waals surface area contributed by atoms with Crippen molar-refractivity contribution in [3.05, 3.63) is 23.3 Å². The van der Waals surface area contributed by atoms with E-state index in [1.807, 2.05) is 0 Å². The molecule has 0 saturated heterocycles. The third-order valence-electron chi connectivity index (χ3n) is 10.8. The zero-order valence-corrected chi connectivity index (χ0v) is 29.7. The van der Waals surface area contributed by atoms with Gasteiger partial charge < -0.3 is 0 Å².